The average molecular weight is 374 g/mol. The maximum atomic E-state index is 12.4. The Hall–Kier alpha value is -1.76. The van der Waals surface area contributed by atoms with Crippen LogP contribution >= 0.6 is 24.8 Å². The number of nitrogens with two attached hydrogens (primary N) is 1. The second kappa shape index (κ2) is 8.19. The molecule has 3 N–H and O–H groups in total. The summed E-state index contributed by atoms with van der Waals surface area (Å²) in [6.45, 7) is 0. The van der Waals surface area contributed by atoms with Crippen molar-refractivity contribution in [2.75, 3.05) is 12.8 Å². The second-order valence-corrected chi connectivity index (χ2v) is 6.03. The van der Waals surface area contributed by atoms with Crippen molar-refractivity contribution in [3.05, 3.63) is 48.0 Å². The molecule has 1 heterocycles. The predicted octanol–water partition coefficient (Wildman–Crippen LogP) is 3.31. The van der Waals surface area contributed by atoms with Crippen LogP contribution in [0.15, 0.2) is 47.6 Å². The number of aromatic nitrogens is 2. The van der Waals surface area contributed by atoms with E-state index in [1.54, 1.807) is 19.2 Å². The zero-order valence-electron chi connectivity index (χ0n) is 12.3. The third-order valence-corrected chi connectivity index (χ3v) is 4.35. The molecule has 0 fully saturated rings. The van der Waals surface area contributed by atoms with E-state index in [1.165, 1.54) is 0 Å². The number of nitrogens with zero attached hydrogens (tertiary/aromatic N) is 1. The largest absolute Gasteiger partial charge is 0.497 e. The van der Waals surface area contributed by atoms with Crippen LogP contribution < -0.4 is 10.5 Å². The topological polar surface area (TPSA) is 81.0 Å². The standard InChI is InChI=1S/C15H15N3O2S.2ClH/c1-20-12-4-2-3-10(7-12)9-21(19)15-17-13-6-5-11(16)8-14(13)18-15;;/h2-8H,9,16H2,1H3,(H,17,18);2*1H. The lowest BCUT2D eigenvalue weighted by Crippen LogP contribution is -1.98. The first-order valence-corrected chi connectivity index (χ1v) is 7.74. The summed E-state index contributed by atoms with van der Waals surface area (Å²) in [6.07, 6.45) is 0. The summed E-state index contributed by atoms with van der Waals surface area (Å²) < 4.78 is 17.6. The van der Waals surface area contributed by atoms with E-state index in [0.29, 0.717) is 16.6 Å². The van der Waals surface area contributed by atoms with Gasteiger partial charge < -0.3 is 15.5 Å². The van der Waals surface area contributed by atoms with E-state index < -0.39 is 10.8 Å². The normalized spacial score (nSPS) is 11.3. The predicted molar refractivity (Wildman–Crippen MR) is 98.1 cm³/mol. The number of H-pyrrole nitrogens is 1. The molecule has 0 aliphatic carbocycles. The van der Waals surface area contributed by atoms with Crippen molar-refractivity contribution < 1.29 is 8.95 Å². The summed E-state index contributed by atoms with van der Waals surface area (Å²) in [7, 11) is 0.364. The van der Waals surface area contributed by atoms with Gasteiger partial charge in [0, 0.05) is 5.69 Å². The molecule has 0 saturated carbocycles. The molecule has 0 spiro atoms. The van der Waals surface area contributed by atoms with Gasteiger partial charge >= 0.3 is 0 Å². The van der Waals surface area contributed by atoms with Crippen molar-refractivity contribution >= 4 is 52.3 Å². The molecule has 124 valence electrons. The molecule has 1 aromatic heterocycles. The number of halogens is 2. The third-order valence-electron chi connectivity index (χ3n) is 3.13. The third kappa shape index (κ3) is 4.37. The van der Waals surface area contributed by atoms with Gasteiger partial charge in [-0.1, -0.05) is 12.1 Å². The molecule has 1 atom stereocenters. The Morgan fingerprint density at radius 2 is 2.00 bits per heavy atom. The lowest BCUT2D eigenvalue weighted by atomic mass is 10.2. The number of fused-ring (bicyclic) bond motifs is 1. The molecule has 23 heavy (non-hydrogen) atoms. The Morgan fingerprint density at radius 1 is 1.22 bits per heavy atom. The maximum absolute atomic E-state index is 12.4. The first-order chi connectivity index (χ1) is 10.2. The fourth-order valence-corrected chi connectivity index (χ4v) is 3.14. The Balaban J connectivity index is 0.00000132. The van der Waals surface area contributed by atoms with Gasteiger partial charge in [0.2, 0.25) is 0 Å². The van der Waals surface area contributed by atoms with Crippen LogP contribution in [0, 0.1) is 0 Å². The van der Waals surface area contributed by atoms with Crippen molar-refractivity contribution in [2.45, 2.75) is 10.9 Å². The number of benzene rings is 2. The number of methoxy groups -OCH3 is 1. The van der Waals surface area contributed by atoms with Crippen LogP contribution in [0.1, 0.15) is 5.56 Å². The summed E-state index contributed by atoms with van der Waals surface area (Å²) in [6, 6.07) is 12.9. The highest BCUT2D eigenvalue weighted by Gasteiger charge is 2.11. The molecule has 0 amide bonds. The molecule has 5 nitrogen and oxygen atoms in total. The zero-order chi connectivity index (χ0) is 14.8. The van der Waals surface area contributed by atoms with Crippen LogP contribution in [0.2, 0.25) is 0 Å². The second-order valence-electron chi connectivity index (χ2n) is 4.66. The summed E-state index contributed by atoms with van der Waals surface area (Å²) in [5.41, 5.74) is 8.87. The van der Waals surface area contributed by atoms with E-state index in [9.17, 15) is 4.21 Å². The number of hydrogen-bond acceptors (Lipinski definition) is 4. The van der Waals surface area contributed by atoms with Crippen LogP contribution in [0.25, 0.3) is 11.0 Å². The van der Waals surface area contributed by atoms with Gasteiger partial charge in [0.15, 0.2) is 5.16 Å². The number of ether oxygens (including phenoxy) is 1. The van der Waals surface area contributed by atoms with E-state index in [1.807, 2.05) is 30.3 Å². The fraction of sp³-hybridized carbons (Fsp3) is 0.133. The van der Waals surface area contributed by atoms with Crippen molar-refractivity contribution in [2.24, 2.45) is 0 Å². The maximum Gasteiger partial charge on any atom is 0.197 e. The number of aromatic amines is 1. The Labute approximate surface area is 148 Å². The lowest BCUT2D eigenvalue weighted by molar-refractivity contribution is 0.414. The summed E-state index contributed by atoms with van der Waals surface area (Å²) in [5.74, 6) is 1.13. The SMILES string of the molecule is COc1cccc(CS(=O)c2nc3ccc(N)cc3[nH]2)c1.Cl.Cl. The highest BCUT2D eigenvalue weighted by Crippen LogP contribution is 2.19. The molecule has 2 aromatic carbocycles. The summed E-state index contributed by atoms with van der Waals surface area (Å²) >= 11 is 0. The van der Waals surface area contributed by atoms with E-state index in [4.69, 9.17) is 10.5 Å². The quantitative estimate of drug-likeness (QED) is 0.687. The van der Waals surface area contributed by atoms with Gasteiger partial charge in [-0.05, 0) is 35.9 Å². The van der Waals surface area contributed by atoms with Gasteiger partial charge in [-0.3, -0.25) is 4.21 Å². The van der Waals surface area contributed by atoms with Gasteiger partial charge in [-0.2, -0.15) is 0 Å². The number of anilines is 1. The van der Waals surface area contributed by atoms with Crippen LogP contribution in [-0.4, -0.2) is 21.3 Å². The van der Waals surface area contributed by atoms with E-state index in [0.717, 1.165) is 22.3 Å². The average Bonchev–Trinajstić information content (AvgIpc) is 2.90. The summed E-state index contributed by atoms with van der Waals surface area (Å²) in [5, 5.41) is 0.457. The number of nitrogen functional groups attached to an aromatic ring is 1. The Kier molecular flexibility index (Phi) is 6.87. The molecule has 0 bridgehead atoms. The Morgan fingerprint density at radius 3 is 2.74 bits per heavy atom. The van der Waals surface area contributed by atoms with E-state index in [2.05, 4.69) is 9.97 Å². The smallest absolute Gasteiger partial charge is 0.197 e. The molecule has 0 saturated heterocycles. The molecule has 8 heteroatoms. The highest BCUT2D eigenvalue weighted by atomic mass is 35.5. The van der Waals surface area contributed by atoms with Gasteiger partial charge in [-0.15, -0.1) is 24.8 Å². The van der Waals surface area contributed by atoms with Crippen molar-refractivity contribution in [1.29, 1.82) is 0 Å². The number of nitrogens with one attached hydrogen (secondary N) is 1. The minimum absolute atomic E-state index is 0. The van der Waals surface area contributed by atoms with Crippen LogP contribution in [0.4, 0.5) is 5.69 Å². The molecule has 3 rings (SSSR count). The van der Waals surface area contributed by atoms with Crippen molar-refractivity contribution in [3.8, 4) is 5.75 Å². The summed E-state index contributed by atoms with van der Waals surface area (Å²) in [4.78, 5) is 7.41. The van der Waals surface area contributed by atoms with Crippen LogP contribution in [0.3, 0.4) is 0 Å². The molecular weight excluding hydrogens is 357 g/mol. The first-order valence-electron chi connectivity index (χ1n) is 6.42. The van der Waals surface area contributed by atoms with Gasteiger partial charge in [0.25, 0.3) is 0 Å². The number of imidazole rings is 1. The fourth-order valence-electron chi connectivity index (χ4n) is 2.09. The van der Waals surface area contributed by atoms with E-state index in [-0.39, 0.29) is 24.8 Å². The van der Waals surface area contributed by atoms with Crippen LogP contribution in [0.5, 0.6) is 5.75 Å². The van der Waals surface area contributed by atoms with Crippen LogP contribution in [-0.2, 0) is 16.6 Å². The molecule has 3 aromatic rings. The number of rotatable bonds is 4. The highest BCUT2D eigenvalue weighted by molar-refractivity contribution is 7.84. The monoisotopic (exact) mass is 373 g/mol. The van der Waals surface area contributed by atoms with Gasteiger partial charge in [0.05, 0.1) is 34.7 Å². The molecule has 0 aliphatic rings. The zero-order valence-corrected chi connectivity index (χ0v) is 14.8. The van der Waals surface area contributed by atoms with Gasteiger partial charge in [-0.25, -0.2) is 4.98 Å². The first kappa shape index (κ1) is 19.3. The van der Waals surface area contributed by atoms with Crippen molar-refractivity contribution in [1.82, 2.24) is 9.97 Å². The molecule has 0 aliphatic heterocycles. The number of hydrogen-bond donors (Lipinski definition) is 2. The van der Waals surface area contributed by atoms with E-state index >= 15 is 0 Å². The molecule has 0 radical (unpaired) electrons. The molecule has 1 unspecified atom stereocenters. The minimum Gasteiger partial charge on any atom is -0.497 e. The Bertz CT molecular complexity index is 823. The van der Waals surface area contributed by atoms with Crippen molar-refractivity contribution in [3.63, 3.8) is 0 Å². The molecular formula is C15H17Cl2N3O2S. The lowest BCUT2D eigenvalue weighted by Gasteiger charge is -2.03. The van der Waals surface area contributed by atoms with Gasteiger partial charge in [0.1, 0.15) is 5.75 Å². The minimum atomic E-state index is -1.25.